The predicted molar refractivity (Wildman–Crippen MR) is 104 cm³/mol. The molecule has 0 saturated heterocycles. The molecule has 4 N–H and O–H groups in total. The van der Waals surface area contributed by atoms with Crippen molar-refractivity contribution < 1.29 is 0 Å². The fourth-order valence-corrected chi connectivity index (χ4v) is 3.11. The Kier molecular flexibility index (Phi) is 3.74. The second-order valence-electron chi connectivity index (χ2n) is 6.91. The first-order chi connectivity index (χ1) is 13.2. The molecular formula is C19H20N8. The monoisotopic (exact) mass is 360 g/mol. The Hall–Kier alpha value is -3.42. The Balaban J connectivity index is 1.30. The van der Waals surface area contributed by atoms with Gasteiger partial charge in [-0.1, -0.05) is 0 Å². The summed E-state index contributed by atoms with van der Waals surface area (Å²) < 4.78 is 0. The molecule has 5 rings (SSSR count). The molecule has 1 saturated carbocycles. The largest absolute Gasteiger partial charge is 0.360 e. The smallest absolute Gasteiger partial charge is 0.225 e. The van der Waals surface area contributed by atoms with Crippen LogP contribution in [0.2, 0.25) is 0 Å². The molecule has 0 aromatic carbocycles. The Morgan fingerprint density at radius 1 is 1.15 bits per heavy atom. The normalized spacial score (nSPS) is 15.0. The summed E-state index contributed by atoms with van der Waals surface area (Å²) >= 11 is 0. The van der Waals surface area contributed by atoms with Crippen molar-refractivity contribution >= 4 is 28.5 Å². The number of nitrogens with one attached hydrogen (secondary N) is 4. The van der Waals surface area contributed by atoms with E-state index in [0.717, 1.165) is 22.4 Å². The molecule has 1 fully saturated rings. The molecule has 4 aromatic rings. The van der Waals surface area contributed by atoms with Crippen LogP contribution in [0.5, 0.6) is 0 Å². The van der Waals surface area contributed by atoms with E-state index in [1.54, 1.807) is 6.20 Å². The van der Waals surface area contributed by atoms with E-state index in [1.165, 1.54) is 18.5 Å². The second-order valence-corrected chi connectivity index (χ2v) is 6.91. The highest BCUT2D eigenvalue weighted by Crippen LogP contribution is 2.39. The van der Waals surface area contributed by atoms with Gasteiger partial charge in [-0.25, -0.2) is 4.98 Å². The van der Waals surface area contributed by atoms with Crippen molar-refractivity contribution in [3.05, 3.63) is 54.2 Å². The molecule has 1 atom stereocenters. The number of anilines is 3. The summed E-state index contributed by atoms with van der Waals surface area (Å²) in [5.74, 6) is 2.65. The average Bonchev–Trinajstić information content (AvgIpc) is 3.23. The van der Waals surface area contributed by atoms with Crippen molar-refractivity contribution in [1.29, 1.82) is 0 Å². The molecule has 1 aliphatic carbocycles. The molecule has 27 heavy (non-hydrogen) atoms. The maximum absolute atomic E-state index is 4.53. The molecule has 8 heteroatoms. The van der Waals surface area contributed by atoms with Gasteiger partial charge in [0.25, 0.3) is 0 Å². The lowest BCUT2D eigenvalue weighted by molar-refractivity contribution is 0.825. The maximum Gasteiger partial charge on any atom is 0.225 e. The van der Waals surface area contributed by atoms with Gasteiger partial charge in [-0.15, -0.1) is 0 Å². The van der Waals surface area contributed by atoms with Gasteiger partial charge in [-0.3, -0.25) is 10.1 Å². The van der Waals surface area contributed by atoms with Crippen LogP contribution in [0.15, 0.2) is 42.9 Å². The van der Waals surface area contributed by atoms with Gasteiger partial charge in [0, 0.05) is 35.5 Å². The summed E-state index contributed by atoms with van der Waals surface area (Å²) in [4.78, 5) is 16.5. The fourth-order valence-electron chi connectivity index (χ4n) is 3.11. The summed E-state index contributed by atoms with van der Waals surface area (Å²) in [6, 6.07) is 7.95. The van der Waals surface area contributed by atoms with Gasteiger partial charge in [-0.2, -0.15) is 10.1 Å². The number of nitrogens with zero attached hydrogens (tertiary/aromatic N) is 4. The number of rotatable bonds is 6. The molecule has 0 radical (unpaired) electrons. The van der Waals surface area contributed by atoms with Crippen LogP contribution in [0, 0.1) is 0 Å². The number of aromatic amines is 2. The van der Waals surface area contributed by atoms with E-state index in [2.05, 4.69) is 46.8 Å². The van der Waals surface area contributed by atoms with Crippen molar-refractivity contribution in [2.24, 2.45) is 0 Å². The SMILES string of the molecule is CC(Nc1nccc(Nc2cc(C3CC3)[nH]n2)n1)c1cc2cc[nH]c2cn1. The van der Waals surface area contributed by atoms with E-state index in [9.17, 15) is 0 Å². The van der Waals surface area contributed by atoms with Gasteiger partial charge < -0.3 is 15.6 Å². The molecule has 0 spiro atoms. The first-order valence-electron chi connectivity index (χ1n) is 9.09. The zero-order valence-corrected chi connectivity index (χ0v) is 14.9. The van der Waals surface area contributed by atoms with E-state index in [0.29, 0.717) is 17.7 Å². The highest BCUT2D eigenvalue weighted by atomic mass is 15.2. The third-order valence-electron chi connectivity index (χ3n) is 4.77. The fraction of sp³-hybridized carbons (Fsp3) is 0.263. The van der Waals surface area contributed by atoms with Gasteiger partial charge in [0.2, 0.25) is 5.95 Å². The highest BCUT2D eigenvalue weighted by Gasteiger charge is 2.25. The minimum Gasteiger partial charge on any atom is -0.360 e. The van der Waals surface area contributed by atoms with Gasteiger partial charge >= 0.3 is 0 Å². The number of hydrogen-bond donors (Lipinski definition) is 4. The number of aromatic nitrogens is 6. The Morgan fingerprint density at radius 2 is 2.07 bits per heavy atom. The van der Waals surface area contributed by atoms with Crippen LogP contribution in [0.4, 0.5) is 17.6 Å². The van der Waals surface area contributed by atoms with E-state index < -0.39 is 0 Å². The summed E-state index contributed by atoms with van der Waals surface area (Å²) in [6.07, 6.45) is 7.96. The maximum atomic E-state index is 4.53. The van der Waals surface area contributed by atoms with Crippen LogP contribution >= 0.6 is 0 Å². The molecule has 8 nitrogen and oxygen atoms in total. The third kappa shape index (κ3) is 3.33. The lowest BCUT2D eigenvalue weighted by atomic mass is 10.2. The molecule has 4 aromatic heterocycles. The topological polar surface area (TPSA) is 107 Å². The minimum absolute atomic E-state index is 0.0218. The van der Waals surface area contributed by atoms with Crippen molar-refractivity contribution in [2.45, 2.75) is 31.7 Å². The minimum atomic E-state index is -0.0218. The Labute approximate surface area is 155 Å². The summed E-state index contributed by atoms with van der Waals surface area (Å²) in [5, 5.41) is 15.1. The molecule has 0 aliphatic heterocycles. The quantitative estimate of drug-likeness (QED) is 0.416. The van der Waals surface area contributed by atoms with Crippen LogP contribution in [-0.2, 0) is 0 Å². The Bertz CT molecular complexity index is 1080. The number of H-pyrrole nitrogens is 2. The second kappa shape index (κ2) is 6.39. The lowest BCUT2D eigenvalue weighted by Crippen LogP contribution is -2.11. The van der Waals surface area contributed by atoms with Crippen LogP contribution in [0.3, 0.4) is 0 Å². The van der Waals surface area contributed by atoms with E-state index in [4.69, 9.17) is 0 Å². The molecule has 1 unspecified atom stereocenters. The van der Waals surface area contributed by atoms with Crippen LogP contribution < -0.4 is 10.6 Å². The predicted octanol–water partition coefficient (Wildman–Crippen LogP) is 3.87. The number of fused-ring (bicyclic) bond motifs is 1. The average molecular weight is 360 g/mol. The molecular weight excluding hydrogens is 340 g/mol. The summed E-state index contributed by atoms with van der Waals surface area (Å²) in [6.45, 7) is 2.04. The van der Waals surface area contributed by atoms with Gasteiger partial charge in [-0.05, 0) is 38.0 Å². The molecule has 0 bridgehead atoms. The van der Waals surface area contributed by atoms with E-state index >= 15 is 0 Å². The number of pyridine rings is 1. The molecule has 4 heterocycles. The van der Waals surface area contributed by atoms with E-state index in [1.807, 2.05) is 37.5 Å². The molecule has 136 valence electrons. The number of hydrogen-bond acceptors (Lipinski definition) is 6. The van der Waals surface area contributed by atoms with Crippen molar-refractivity contribution in [2.75, 3.05) is 10.6 Å². The van der Waals surface area contributed by atoms with Crippen molar-refractivity contribution in [3.8, 4) is 0 Å². The first-order valence-corrected chi connectivity index (χ1v) is 9.09. The van der Waals surface area contributed by atoms with Gasteiger partial charge in [0.05, 0.1) is 23.4 Å². The molecule has 1 aliphatic rings. The van der Waals surface area contributed by atoms with E-state index in [-0.39, 0.29) is 6.04 Å². The van der Waals surface area contributed by atoms with Crippen LogP contribution in [0.1, 0.15) is 43.1 Å². The molecule has 0 amide bonds. The summed E-state index contributed by atoms with van der Waals surface area (Å²) in [7, 11) is 0. The standard InChI is InChI=1S/C19H20N8/c1-11(14-8-13-4-6-20-16(13)10-22-14)23-19-21-7-5-17(25-19)24-18-9-15(26-27-18)12-2-3-12/h4-12,20H,2-3H2,1H3,(H3,21,23,24,25,26,27). The van der Waals surface area contributed by atoms with Gasteiger partial charge in [0.1, 0.15) is 5.82 Å². The zero-order valence-electron chi connectivity index (χ0n) is 14.9. The lowest BCUT2D eigenvalue weighted by Gasteiger charge is -2.14. The first kappa shape index (κ1) is 15.8. The summed E-state index contributed by atoms with van der Waals surface area (Å²) in [5.41, 5.74) is 3.15. The Morgan fingerprint density at radius 3 is 2.96 bits per heavy atom. The van der Waals surface area contributed by atoms with Crippen molar-refractivity contribution in [1.82, 2.24) is 30.1 Å². The van der Waals surface area contributed by atoms with Crippen molar-refractivity contribution in [3.63, 3.8) is 0 Å². The zero-order chi connectivity index (χ0) is 18.2. The van der Waals surface area contributed by atoms with Crippen LogP contribution in [-0.4, -0.2) is 30.1 Å². The highest BCUT2D eigenvalue weighted by molar-refractivity contribution is 5.78. The van der Waals surface area contributed by atoms with Crippen LogP contribution in [0.25, 0.3) is 10.9 Å². The van der Waals surface area contributed by atoms with Gasteiger partial charge in [0.15, 0.2) is 5.82 Å². The third-order valence-corrected chi connectivity index (χ3v) is 4.77.